The van der Waals surface area contributed by atoms with Crippen LogP contribution in [-0.4, -0.2) is 31.8 Å². The Morgan fingerprint density at radius 3 is 2.52 bits per heavy atom. The lowest BCUT2D eigenvalue weighted by atomic mass is 10.2. The number of nitrogens with zero attached hydrogens (tertiary/aromatic N) is 1. The third-order valence-electron chi connectivity index (χ3n) is 3.11. The summed E-state index contributed by atoms with van der Waals surface area (Å²) >= 11 is 1.44. The van der Waals surface area contributed by atoms with Gasteiger partial charge in [0.15, 0.2) is 11.6 Å². The van der Waals surface area contributed by atoms with Crippen LogP contribution >= 0.6 is 11.3 Å². The molecule has 0 bridgehead atoms. The highest BCUT2D eigenvalue weighted by Crippen LogP contribution is 2.25. The number of amides is 2. The summed E-state index contributed by atoms with van der Waals surface area (Å²) in [6.45, 7) is -0.0106. The van der Waals surface area contributed by atoms with Crippen molar-refractivity contribution in [3.63, 3.8) is 0 Å². The predicted molar refractivity (Wildman–Crippen MR) is 87.0 cm³/mol. The highest BCUT2D eigenvalue weighted by atomic mass is 32.1. The van der Waals surface area contributed by atoms with Gasteiger partial charge in [0, 0.05) is 26.3 Å². The summed E-state index contributed by atoms with van der Waals surface area (Å²) in [7, 11) is 3.04. The fraction of sp³-hybridized carbons (Fsp3) is 0.267. The van der Waals surface area contributed by atoms with Crippen LogP contribution in [0, 0.1) is 11.6 Å². The molecule has 1 atom stereocenters. The molecule has 0 aliphatic heterocycles. The number of benzene rings is 1. The molecule has 0 saturated heterocycles. The van der Waals surface area contributed by atoms with E-state index in [1.807, 2.05) is 5.38 Å². The number of rotatable bonds is 5. The van der Waals surface area contributed by atoms with Gasteiger partial charge in [-0.2, -0.15) is 11.3 Å². The maximum atomic E-state index is 13.8. The Bertz CT molecular complexity index is 654. The molecular formula is C15H17F2N3O2S. The molecule has 0 unspecified atom stereocenters. The van der Waals surface area contributed by atoms with Gasteiger partial charge >= 0.3 is 6.03 Å². The number of urea groups is 1. The number of halogens is 2. The van der Waals surface area contributed by atoms with E-state index in [2.05, 4.69) is 10.6 Å². The number of hydrogen-bond acceptors (Lipinski definition) is 4. The van der Waals surface area contributed by atoms with Gasteiger partial charge in [-0.05, 0) is 34.5 Å². The molecule has 1 aromatic carbocycles. The fourth-order valence-electron chi connectivity index (χ4n) is 2.01. The van der Waals surface area contributed by atoms with Crippen molar-refractivity contribution >= 4 is 28.7 Å². The number of thiophene rings is 1. The van der Waals surface area contributed by atoms with Crippen LogP contribution in [-0.2, 0) is 0 Å². The molecule has 3 N–H and O–H groups in total. The van der Waals surface area contributed by atoms with E-state index in [0.717, 1.165) is 12.1 Å². The van der Waals surface area contributed by atoms with Crippen molar-refractivity contribution in [2.75, 3.05) is 30.9 Å². The molecule has 5 nitrogen and oxygen atoms in total. The Morgan fingerprint density at radius 1 is 1.35 bits per heavy atom. The minimum absolute atomic E-state index is 0.00637. The van der Waals surface area contributed by atoms with E-state index in [9.17, 15) is 18.7 Å². The molecule has 0 fully saturated rings. The lowest BCUT2D eigenvalue weighted by molar-refractivity contribution is 0.175. The molecular weight excluding hydrogens is 324 g/mol. The average molecular weight is 341 g/mol. The molecule has 0 saturated carbocycles. The standard InChI is InChI=1S/C15H17F2N3O2S/c1-20(2)14-11(16)5-10(6-12(14)17)19-15(22)18-7-13(21)9-3-4-23-8-9/h3-6,8,13,21H,7H2,1-2H3,(H2,18,19,22)/t13-/m0/s1. The molecule has 0 aliphatic rings. The second-order valence-corrected chi connectivity index (χ2v) is 5.87. The Balaban J connectivity index is 1.95. The van der Waals surface area contributed by atoms with Gasteiger partial charge in [-0.15, -0.1) is 0 Å². The zero-order chi connectivity index (χ0) is 17.0. The zero-order valence-corrected chi connectivity index (χ0v) is 13.5. The first-order valence-corrected chi connectivity index (χ1v) is 7.74. The quantitative estimate of drug-likeness (QED) is 0.783. The van der Waals surface area contributed by atoms with Crippen molar-refractivity contribution in [1.82, 2.24) is 5.32 Å². The Kier molecular flexibility index (Phi) is 5.51. The first-order valence-electron chi connectivity index (χ1n) is 6.80. The van der Waals surface area contributed by atoms with Crippen molar-refractivity contribution in [1.29, 1.82) is 0 Å². The molecule has 0 spiro atoms. The van der Waals surface area contributed by atoms with E-state index < -0.39 is 23.8 Å². The first kappa shape index (κ1) is 17.2. The number of nitrogens with one attached hydrogen (secondary N) is 2. The number of carbonyl (C=O) groups excluding carboxylic acids is 1. The lowest BCUT2D eigenvalue weighted by Crippen LogP contribution is -2.32. The van der Waals surface area contributed by atoms with Crippen molar-refractivity contribution in [3.05, 3.63) is 46.2 Å². The monoisotopic (exact) mass is 341 g/mol. The summed E-state index contributed by atoms with van der Waals surface area (Å²) < 4.78 is 27.6. The van der Waals surface area contributed by atoms with E-state index in [1.165, 1.54) is 30.3 Å². The largest absolute Gasteiger partial charge is 0.387 e. The van der Waals surface area contributed by atoms with Crippen molar-refractivity contribution in [3.8, 4) is 0 Å². The minimum atomic E-state index is -0.836. The van der Waals surface area contributed by atoms with Gasteiger partial charge < -0.3 is 20.6 Å². The van der Waals surface area contributed by atoms with Crippen molar-refractivity contribution in [2.45, 2.75) is 6.10 Å². The second kappa shape index (κ2) is 7.38. The Hall–Kier alpha value is -2.19. The van der Waals surface area contributed by atoms with Crippen LogP contribution in [0.4, 0.5) is 25.0 Å². The number of aliphatic hydroxyl groups excluding tert-OH is 1. The molecule has 2 rings (SSSR count). The smallest absolute Gasteiger partial charge is 0.319 e. The number of anilines is 2. The summed E-state index contributed by atoms with van der Waals surface area (Å²) in [5.41, 5.74) is 0.514. The molecule has 1 aromatic heterocycles. The molecule has 0 radical (unpaired) electrons. The number of aliphatic hydroxyl groups is 1. The SMILES string of the molecule is CN(C)c1c(F)cc(NC(=O)NC[C@H](O)c2ccsc2)cc1F. The molecule has 2 amide bonds. The van der Waals surface area contributed by atoms with Crippen LogP contribution in [0.15, 0.2) is 29.0 Å². The van der Waals surface area contributed by atoms with E-state index >= 15 is 0 Å². The lowest BCUT2D eigenvalue weighted by Gasteiger charge is -2.16. The van der Waals surface area contributed by atoms with Crippen LogP contribution in [0.1, 0.15) is 11.7 Å². The van der Waals surface area contributed by atoms with Crippen molar-refractivity contribution < 1.29 is 18.7 Å². The van der Waals surface area contributed by atoms with E-state index in [1.54, 1.807) is 11.4 Å². The summed E-state index contributed by atoms with van der Waals surface area (Å²) in [6, 6.07) is 3.16. The number of carbonyl (C=O) groups is 1. The average Bonchev–Trinajstić information content (AvgIpc) is 2.97. The Labute approximate surface area is 136 Å². The molecule has 2 aromatic rings. The van der Waals surface area contributed by atoms with Crippen LogP contribution in [0.5, 0.6) is 0 Å². The fourth-order valence-corrected chi connectivity index (χ4v) is 2.72. The van der Waals surface area contributed by atoms with Crippen LogP contribution < -0.4 is 15.5 Å². The summed E-state index contributed by atoms with van der Waals surface area (Å²) in [4.78, 5) is 13.1. The summed E-state index contributed by atoms with van der Waals surface area (Å²) in [5, 5.41) is 18.2. The third-order valence-corrected chi connectivity index (χ3v) is 3.81. The van der Waals surface area contributed by atoms with Gasteiger partial charge in [0.1, 0.15) is 5.69 Å². The van der Waals surface area contributed by atoms with Gasteiger partial charge in [-0.25, -0.2) is 13.6 Å². The van der Waals surface area contributed by atoms with Gasteiger partial charge in [-0.1, -0.05) is 0 Å². The predicted octanol–water partition coefficient (Wildman–Crippen LogP) is 2.95. The molecule has 124 valence electrons. The van der Waals surface area contributed by atoms with E-state index in [0.29, 0.717) is 5.56 Å². The van der Waals surface area contributed by atoms with Gasteiger partial charge in [0.05, 0.1) is 6.10 Å². The number of hydrogen-bond donors (Lipinski definition) is 3. The van der Waals surface area contributed by atoms with E-state index in [-0.39, 0.29) is 17.9 Å². The van der Waals surface area contributed by atoms with Crippen LogP contribution in [0.25, 0.3) is 0 Å². The third kappa shape index (κ3) is 4.40. The molecule has 23 heavy (non-hydrogen) atoms. The molecule has 1 heterocycles. The minimum Gasteiger partial charge on any atom is -0.387 e. The summed E-state index contributed by atoms with van der Waals surface area (Å²) in [5.74, 6) is -1.55. The van der Waals surface area contributed by atoms with Crippen molar-refractivity contribution in [2.24, 2.45) is 0 Å². The van der Waals surface area contributed by atoms with E-state index in [4.69, 9.17) is 0 Å². The maximum Gasteiger partial charge on any atom is 0.319 e. The van der Waals surface area contributed by atoms with Gasteiger partial charge in [-0.3, -0.25) is 0 Å². The second-order valence-electron chi connectivity index (χ2n) is 5.09. The van der Waals surface area contributed by atoms with Crippen LogP contribution in [0.2, 0.25) is 0 Å². The van der Waals surface area contributed by atoms with Crippen LogP contribution in [0.3, 0.4) is 0 Å². The highest BCUT2D eigenvalue weighted by Gasteiger charge is 2.15. The first-order chi connectivity index (χ1) is 10.9. The highest BCUT2D eigenvalue weighted by molar-refractivity contribution is 7.07. The van der Waals surface area contributed by atoms with Gasteiger partial charge in [0.2, 0.25) is 0 Å². The molecule has 8 heteroatoms. The molecule has 0 aliphatic carbocycles. The zero-order valence-electron chi connectivity index (χ0n) is 12.6. The van der Waals surface area contributed by atoms with Gasteiger partial charge in [0.25, 0.3) is 0 Å². The maximum absolute atomic E-state index is 13.8. The normalized spacial score (nSPS) is 11.9. The Morgan fingerprint density at radius 2 is 2.00 bits per heavy atom. The summed E-state index contributed by atoms with van der Waals surface area (Å²) in [6.07, 6.45) is -0.836. The topological polar surface area (TPSA) is 64.6 Å².